The Labute approximate surface area is 161 Å². The van der Waals surface area contributed by atoms with Gasteiger partial charge in [-0.05, 0) is 73.6 Å². The predicted molar refractivity (Wildman–Crippen MR) is 102 cm³/mol. The molecule has 4 rings (SSSR count). The number of fused-ring (bicyclic) bond motifs is 1. The van der Waals surface area contributed by atoms with Crippen molar-refractivity contribution in [2.75, 3.05) is 20.2 Å². The highest BCUT2D eigenvalue weighted by Crippen LogP contribution is 2.54. The summed E-state index contributed by atoms with van der Waals surface area (Å²) in [5.74, 6) is 0.899. The van der Waals surface area contributed by atoms with Crippen LogP contribution in [0.25, 0.3) is 0 Å². The molecule has 1 heterocycles. The van der Waals surface area contributed by atoms with Crippen molar-refractivity contribution in [3.8, 4) is 5.75 Å². The fourth-order valence-electron chi connectivity index (χ4n) is 4.83. The van der Waals surface area contributed by atoms with Crippen LogP contribution >= 0.6 is 0 Å². The summed E-state index contributed by atoms with van der Waals surface area (Å²) in [4.78, 5) is 13.8. The van der Waals surface area contributed by atoms with Gasteiger partial charge in [0.15, 0.2) is 0 Å². The maximum atomic E-state index is 13.1. The smallest absolute Gasteiger partial charge is 0.241 e. The standard InChI is InChI=1S/C20H28N2O4S/c1-14(23)22-11-9-20(10-12-22)13-19(20)21-27(24,25)18-8-7-17(26-2)15-5-3-4-6-16(15)18/h7-8,19,21H,3-6,9-13H2,1-2H3. The van der Waals surface area contributed by atoms with Gasteiger partial charge >= 0.3 is 0 Å². The minimum absolute atomic E-state index is 0.0158. The summed E-state index contributed by atoms with van der Waals surface area (Å²) in [6.07, 6.45) is 6.36. The maximum Gasteiger partial charge on any atom is 0.241 e. The highest BCUT2D eigenvalue weighted by Gasteiger charge is 2.56. The van der Waals surface area contributed by atoms with Crippen LogP contribution in [0.1, 0.15) is 50.2 Å². The zero-order chi connectivity index (χ0) is 19.2. The lowest BCUT2D eigenvalue weighted by atomic mass is 9.91. The third kappa shape index (κ3) is 3.36. The minimum atomic E-state index is -3.55. The molecule has 1 spiro atoms. The number of nitrogens with one attached hydrogen (secondary N) is 1. The zero-order valence-electron chi connectivity index (χ0n) is 16.1. The van der Waals surface area contributed by atoms with Crippen molar-refractivity contribution >= 4 is 15.9 Å². The van der Waals surface area contributed by atoms with Gasteiger partial charge in [0, 0.05) is 26.1 Å². The summed E-state index contributed by atoms with van der Waals surface area (Å²) in [7, 11) is -1.92. The van der Waals surface area contributed by atoms with E-state index < -0.39 is 10.0 Å². The molecule has 1 N–H and O–H groups in total. The van der Waals surface area contributed by atoms with E-state index in [0.717, 1.165) is 74.9 Å². The van der Waals surface area contributed by atoms with Crippen molar-refractivity contribution in [3.05, 3.63) is 23.3 Å². The number of amides is 1. The van der Waals surface area contributed by atoms with Crippen LogP contribution in [0.15, 0.2) is 17.0 Å². The Morgan fingerprint density at radius 2 is 1.85 bits per heavy atom. The second kappa shape index (κ2) is 6.78. The average Bonchev–Trinajstić information content (AvgIpc) is 3.30. The quantitative estimate of drug-likeness (QED) is 0.853. The minimum Gasteiger partial charge on any atom is -0.496 e. The third-order valence-corrected chi connectivity index (χ3v) is 8.21. The molecular weight excluding hydrogens is 364 g/mol. The lowest BCUT2D eigenvalue weighted by molar-refractivity contribution is -0.130. The molecular formula is C20H28N2O4S. The Morgan fingerprint density at radius 1 is 1.19 bits per heavy atom. The number of carbonyl (C=O) groups is 1. The Balaban J connectivity index is 1.52. The van der Waals surface area contributed by atoms with E-state index in [2.05, 4.69) is 4.72 Å². The first-order valence-corrected chi connectivity index (χ1v) is 11.3. The van der Waals surface area contributed by atoms with Gasteiger partial charge in [0.25, 0.3) is 0 Å². The molecule has 1 atom stereocenters. The molecule has 2 aliphatic carbocycles. The van der Waals surface area contributed by atoms with Crippen molar-refractivity contribution in [3.63, 3.8) is 0 Å². The topological polar surface area (TPSA) is 75.7 Å². The number of sulfonamides is 1. The Morgan fingerprint density at radius 3 is 2.48 bits per heavy atom. The van der Waals surface area contributed by atoms with Crippen LogP contribution in [0.3, 0.4) is 0 Å². The fraction of sp³-hybridized carbons (Fsp3) is 0.650. The molecule has 1 amide bonds. The summed E-state index contributed by atoms with van der Waals surface area (Å²) in [6.45, 7) is 3.05. The summed E-state index contributed by atoms with van der Waals surface area (Å²) < 4.78 is 34.7. The molecule has 0 bridgehead atoms. The van der Waals surface area contributed by atoms with Gasteiger partial charge in [-0.3, -0.25) is 4.79 Å². The van der Waals surface area contributed by atoms with Crippen LogP contribution in [0.2, 0.25) is 0 Å². The lowest BCUT2D eigenvalue weighted by Crippen LogP contribution is -2.40. The molecule has 27 heavy (non-hydrogen) atoms. The number of nitrogens with zero attached hydrogens (tertiary/aromatic N) is 1. The summed E-state index contributed by atoms with van der Waals surface area (Å²) in [6, 6.07) is 3.46. The second-order valence-corrected chi connectivity index (χ2v) is 9.86. The SMILES string of the molecule is COc1ccc(S(=O)(=O)NC2CC23CCN(C(C)=O)CC3)c2c1CCCC2. The molecule has 148 valence electrons. The van der Waals surface area contributed by atoms with E-state index in [9.17, 15) is 13.2 Å². The van der Waals surface area contributed by atoms with Crippen LogP contribution in [0.5, 0.6) is 5.75 Å². The average molecular weight is 393 g/mol. The highest BCUT2D eigenvalue weighted by molar-refractivity contribution is 7.89. The highest BCUT2D eigenvalue weighted by atomic mass is 32.2. The van der Waals surface area contributed by atoms with E-state index in [-0.39, 0.29) is 17.4 Å². The fourth-order valence-corrected chi connectivity index (χ4v) is 6.46. The molecule has 1 aliphatic heterocycles. The van der Waals surface area contributed by atoms with E-state index >= 15 is 0 Å². The van der Waals surface area contributed by atoms with Gasteiger partial charge in [-0.25, -0.2) is 13.1 Å². The molecule has 7 heteroatoms. The maximum absolute atomic E-state index is 13.1. The summed E-state index contributed by atoms with van der Waals surface area (Å²) in [5.41, 5.74) is 2.01. The molecule has 3 aliphatic rings. The van der Waals surface area contributed by atoms with Crippen LogP contribution in [-0.4, -0.2) is 45.5 Å². The molecule has 0 radical (unpaired) electrons. The number of carbonyl (C=O) groups excluding carboxylic acids is 1. The van der Waals surface area contributed by atoms with E-state index in [1.807, 2.05) is 4.90 Å². The second-order valence-electron chi connectivity index (χ2n) is 8.18. The Kier molecular flexibility index (Phi) is 4.71. The van der Waals surface area contributed by atoms with Gasteiger partial charge in [0.1, 0.15) is 5.75 Å². The van der Waals surface area contributed by atoms with Crippen molar-refractivity contribution in [2.45, 2.75) is 62.8 Å². The number of likely N-dealkylation sites (tertiary alicyclic amines) is 1. The largest absolute Gasteiger partial charge is 0.496 e. The first-order chi connectivity index (χ1) is 12.9. The normalized spacial score (nSPS) is 23.8. The number of piperidine rings is 1. The van der Waals surface area contributed by atoms with Gasteiger partial charge in [-0.1, -0.05) is 0 Å². The van der Waals surface area contributed by atoms with Crippen molar-refractivity contribution in [2.24, 2.45) is 5.41 Å². The molecule has 0 aromatic heterocycles. The predicted octanol–water partition coefficient (Wildman–Crippen LogP) is 2.25. The summed E-state index contributed by atoms with van der Waals surface area (Å²) >= 11 is 0. The molecule has 6 nitrogen and oxygen atoms in total. The van der Waals surface area contributed by atoms with Crippen LogP contribution < -0.4 is 9.46 Å². The number of benzene rings is 1. The first kappa shape index (κ1) is 18.7. The lowest BCUT2D eigenvalue weighted by Gasteiger charge is -2.32. The van der Waals surface area contributed by atoms with E-state index in [1.54, 1.807) is 26.2 Å². The zero-order valence-corrected chi connectivity index (χ0v) is 16.9. The van der Waals surface area contributed by atoms with Crippen molar-refractivity contribution in [1.29, 1.82) is 0 Å². The number of rotatable bonds is 4. The first-order valence-electron chi connectivity index (χ1n) is 9.83. The summed E-state index contributed by atoms with van der Waals surface area (Å²) in [5, 5.41) is 0. The van der Waals surface area contributed by atoms with E-state index in [1.165, 1.54) is 0 Å². The van der Waals surface area contributed by atoms with E-state index in [0.29, 0.717) is 4.90 Å². The Bertz CT molecular complexity index is 857. The molecule has 1 saturated carbocycles. The van der Waals surface area contributed by atoms with Gasteiger partial charge < -0.3 is 9.64 Å². The molecule has 1 aromatic carbocycles. The third-order valence-electron chi connectivity index (χ3n) is 6.65. The molecule has 1 unspecified atom stereocenters. The van der Waals surface area contributed by atoms with Crippen LogP contribution in [0, 0.1) is 5.41 Å². The van der Waals surface area contributed by atoms with Gasteiger partial charge in [-0.15, -0.1) is 0 Å². The van der Waals surface area contributed by atoms with E-state index in [4.69, 9.17) is 4.74 Å². The molecule has 2 fully saturated rings. The van der Waals surface area contributed by atoms with Crippen LogP contribution in [-0.2, 0) is 27.7 Å². The number of hydrogen-bond acceptors (Lipinski definition) is 4. The van der Waals surface area contributed by atoms with Gasteiger partial charge in [0.2, 0.25) is 15.9 Å². The molecule has 1 saturated heterocycles. The number of methoxy groups -OCH3 is 1. The van der Waals surface area contributed by atoms with Crippen molar-refractivity contribution in [1.82, 2.24) is 9.62 Å². The molecule has 1 aromatic rings. The monoisotopic (exact) mass is 392 g/mol. The van der Waals surface area contributed by atoms with Gasteiger partial charge in [0.05, 0.1) is 12.0 Å². The Hall–Kier alpha value is -1.60. The van der Waals surface area contributed by atoms with Gasteiger partial charge in [-0.2, -0.15) is 0 Å². The number of ether oxygens (including phenoxy) is 1. The van der Waals surface area contributed by atoms with Crippen molar-refractivity contribution < 1.29 is 17.9 Å². The number of hydrogen-bond donors (Lipinski definition) is 1. The van der Waals surface area contributed by atoms with Crippen LogP contribution in [0.4, 0.5) is 0 Å².